The molecule has 0 saturated heterocycles. The van der Waals surface area contributed by atoms with Crippen molar-refractivity contribution in [1.29, 1.82) is 0 Å². The van der Waals surface area contributed by atoms with Gasteiger partial charge < -0.3 is 21.7 Å². The molecule has 11 nitrogen and oxygen atoms in total. The number of amides is 3. The number of aryl methyl sites for hydroxylation is 1. The molecular weight excluding hydrogens is 556 g/mol. The summed E-state index contributed by atoms with van der Waals surface area (Å²) in [6.45, 7) is 0.640. The van der Waals surface area contributed by atoms with E-state index in [2.05, 4.69) is 48.7 Å². The van der Waals surface area contributed by atoms with Gasteiger partial charge in [-0.25, -0.2) is 0 Å². The zero-order chi connectivity index (χ0) is 30.5. The zero-order valence-corrected chi connectivity index (χ0v) is 24.4. The van der Waals surface area contributed by atoms with Crippen LogP contribution in [0.4, 0.5) is 11.4 Å². The average molecular weight is 593 g/mol. The molecule has 4 aromatic rings. The third kappa shape index (κ3) is 6.84. The summed E-state index contributed by atoms with van der Waals surface area (Å²) in [5, 5.41) is 22.9. The smallest absolute Gasteiger partial charge is 0.247 e. The minimum absolute atomic E-state index is 0.0340. The molecule has 226 valence electrons. The van der Waals surface area contributed by atoms with Gasteiger partial charge in [0, 0.05) is 35.7 Å². The Kier molecular flexibility index (Phi) is 8.74. The van der Waals surface area contributed by atoms with E-state index in [0.717, 1.165) is 65.6 Å². The average Bonchev–Trinajstić information content (AvgIpc) is 3.60. The summed E-state index contributed by atoms with van der Waals surface area (Å²) >= 11 is 0. The summed E-state index contributed by atoms with van der Waals surface area (Å²) in [7, 11) is 0. The van der Waals surface area contributed by atoms with Gasteiger partial charge in [0.2, 0.25) is 23.5 Å². The third-order valence-corrected chi connectivity index (χ3v) is 8.67. The summed E-state index contributed by atoms with van der Waals surface area (Å²) < 4.78 is 0. The molecule has 2 aliphatic rings. The Balaban J connectivity index is 1.17. The van der Waals surface area contributed by atoms with Crippen molar-refractivity contribution in [2.45, 2.75) is 51.0 Å². The minimum atomic E-state index is -0.767. The van der Waals surface area contributed by atoms with Gasteiger partial charge >= 0.3 is 0 Å². The summed E-state index contributed by atoms with van der Waals surface area (Å²) in [5.74, 6) is 0.428. The Morgan fingerprint density at radius 2 is 1.64 bits per heavy atom. The van der Waals surface area contributed by atoms with Crippen molar-refractivity contribution in [3.05, 3.63) is 77.9 Å². The Bertz CT molecular complexity index is 1610. The van der Waals surface area contributed by atoms with Crippen LogP contribution in [0, 0.1) is 11.8 Å². The maximum atomic E-state index is 13.6. The highest BCUT2D eigenvalue weighted by atomic mass is 16.2. The van der Waals surface area contributed by atoms with Crippen molar-refractivity contribution < 1.29 is 14.4 Å². The molecule has 44 heavy (non-hydrogen) atoms. The highest BCUT2D eigenvalue weighted by molar-refractivity contribution is 5.98. The molecular formula is C33H36N8O3. The lowest BCUT2D eigenvalue weighted by atomic mass is 9.81. The first-order valence-electron chi connectivity index (χ1n) is 15.1. The van der Waals surface area contributed by atoms with Crippen molar-refractivity contribution in [3.63, 3.8) is 0 Å². The molecule has 0 spiro atoms. The Hall–Kier alpha value is -4.90. The zero-order valence-electron chi connectivity index (χ0n) is 24.4. The first-order valence-corrected chi connectivity index (χ1v) is 15.1. The van der Waals surface area contributed by atoms with Crippen LogP contribution in [-0.2, 0) is 27.2 Å². The number of aromatic amines is 1. The van der Waals surface area contributed by atoms with E-state index in [9.17, 15) is 14.4 Å². The molecule has 0 bridgehead atoms. The number of rotatable bonds is 9. The molecule has 3 aromatic carbocycles. The SMILES string of the molecule is NCC1CCC(C(=O)NC(Cc2ccc(-c3ccc4c(c3)NC(=O)CC4)cc2)C(=O)Nc2ccc(-c3nn[nH]n3)cc2)CC1. The lowest BCUT2D eigenvalue weighted by molar-refractivity contribution is -0.130. The number of benzene rings is 3. The predicted molar refractivity (Wildman–Crippen MR) is 167 cm³/mol. The number of hydrogen-bond acceptors (Lipinski definition) is 7. The molecule has 1 aromatic heterocycles. The van der Waals surface area contributed by atoms with Crippen LogP contribution < -0.4 is 21.7 Å². The van der Waals surface area contributed by atoms with Gasteiger partial charge in [0.15, 0.2) is 0 Å². The maximum absolute atomic E-state index is 13.6. The summed E-state index contributed by atoms with van der Waals surface area (Å²) in [6.07, 6.45) is 4.97. The van der Waals surface area contributed by atoms with Crippen LogP contribution in [-0.4, -0.2) is 50.9 Å². The molecule has 1 unspecified atom stereocenters. The fourth-order valence-electron chi connectivity index (χ4n) is 6.00. The van der Waals surface area contributed by atoms with E-state index in [4.69, 9.17) is 5.73 Å². The van der Waals surface area contributed by atoms with Gasteiger partial charge in [-0.15, -0.1) is 10.2 Å². The largest absolute Gasteiger partial charge is 0.344 e. The molecule has 0 radical (unpaired) electrons. The molecule has 3 amide bonds. The van der Waals surface area contributed by atoms with Gasteiger partial charge in [0.25, 0.3) is 0 Å². The van der Waals surface area contributed by atoms with E-state index in [1.54, 1.807) is 24.3 Å². The van der Waals surface area contributed by atoms with Gasteiger partial charge in [0.05, 0.1) is 0 Å². The third-order valence-electron chi connectivity index (χ3n) is 8.67. The highest BCUT2D eigenvalue weighted by Crippen LogP contribution is 2.30. The number of aromatic nitrogens is 4. The maximum Gasteiger partial charge on any atom is 0.247 e. The van der Waals surface area contributed by atoms with Crippen molar-refractivity contribution in [2.75, 3.05) is 17.2 Å². The second kappa shape index (κ2) is 13.2. The van der Waals surface area contributed by atoms with Crippen molar-refractivity contribution in [2.24, 2.45) is 17.6 Å². The van der Waals surface area contributed by atoms with E-state index >= 15 is 0 Å². The number of nitrogens with one attached hydrogen (secondary N) is 4. The second-order valence-corrected chi connectivity index (χ2v) is 11.6. The van der Waals surface area contributed by atoms with Gasteiger partial charge in [-0.3, -0.25) is 14.4 Å². The van der Waals surface area contributed by atoms with Crippen LogP contribution in [0.15, 0.2) is 66.7 Å². The molecule has 1 saturated carbocycles. The molecule has 1 fully saturated rings. The fourth-order valence-corrected chi connectivity index (χ4v) is 6.00. The number of nitrogens with zero attached hydrogens (tertiary/aromatic N) is 3. The van der Waals surface area contributed by atoms with E-state index in [1.165, 1.54) is 0 Å². The number of hydrogen-bond donors (Lipinski definition) is 5. The molecule has 6 N–H and O–H groups in total. The summed E-state index contributed by atoms with van der Waals surface area (Å²) in [6, 6.07) is 20.5. The standard InChI is InChI=1S/C33H36N8O3/c34-19-21-3-7-25(8-4-21)32(43)37-29(33(44)35-27-14-11-24(12-15-27)31-38-40-41-39-31)17-20-1-5-22(6-2-20)26-10-9-23-13-16-30(42)36-28(23)18-26/h1-2,5-6,9-12,14-15,18,21,25,29H,3-4,7-8,13,16-17,19,34H2,(H,35,44)(H,36,42)(H,37,43)(H,38,39,40,41). The monoisotopic (exact) mass is 592 g/mol. The lowest BCUT2D eigenvalue weighted by Gasteiger charge is -2.28. The second-order valence-electron chi connectivity index (χ2n) is 11.6. The lowest BCUT2D eigenvalue weighted by Crippen LogP contribution is -2.48. The number of carbonyl (C=O) groups is 3. The predicted octanol–water partition coefficient (Wildman–Crippen LogP) is 3.85. The molecule has 1 atom stereocenters. The van der Waals surface area contributed by atoms with E-state index in [0.29, 0.717) is 36.8 Å². The number of fused-ring (bicyclic) bond motifs is 1. The van der Waals surface area contributed by atoms with Gasteiger partial charge in [-0.2, -0.15) is 5.21 Å². The first kappa shape index (κ1) is 29.2. The van der Waals surface area contributed by atoms with Crippen LogP contribution in [0.5, 0.6) is 0 Å². The molecule has 2 heterocycles. The summed E-state index contributed by atoms with van der Waals surface area (Å²) in [4.78, 5) is 38.8. The fraction of sp³-hybridized carbons (Fsp3) is 0.333. The van der Waals surface area contributed by atoms with Crippen molar-refractivity contribution in [3.8, 4) is 22.5 Å². The van der Waals surface area contributed by atoms with Crippen LogP contribution in [0.2, 0.25) is 0 Å². The van der Waals surface area contributed by atoms with E-state index in [1.807, 2.05) is 30.3 Å². The number of anilines is 2. The van der Waals surface area contributed by atoms with Crippen LogP contribution >= 0.6 is 0 Å². The van der Waals surface area contributed by atoms with Crippen LogP contribution in [0.3, 0.4) is 0 Å². The minimum Gasteiger partial charge on any atom is -0.344 e. The van der Waals surface area contributed by atoms with Crippen LogP contribution in [0.25, 0.3) is 22.5 Å². The number of carbonyl (C=O) groups excluding carboxylic acids is 3. The summed E-state index contributed by atoms with van der Waals surface area (Å²) in [5.41, 5.74) is 12.1. The Morgan fingerprint density at radius 1 is 0.909 bits per heavy atom. The molecule has 11 heteroatoms. The van der Waals surface area contributed by atoms with Gasteiger partial charge in [-0.1, -0.05) is 36.4 Å². The van der Waals surface area contributed by atoms with E-state index < -0.39 is 6.04 Å². The van der Waals surface area contributed by atoms with Gasteiger partial charge in [-0.05, 0) is 102 Å². The Morgan fingerprint density at radius 3 is 2.34 bits per heavy atom. The first-order chi connectivity index (χ1) is 21.4. The normalized spacial score (nSPS) is 18.5. The number of nitrogens with two attached hydrogens (primary N) is 1. The van der Waals surface area contributed by atoms with Crippen molar-refractivity contribution >= 4 is 29.1 Å². The number of tetrazole rings is 1. The quantitative estimate of drug-likeness (QED) is 0.197. The van der Waals surface area contributed by atoms with E-state index in [-0.39, 0.29) is 23.6 Å². The Labute approximate surface area is 255 Å². The van der Waals surface area contributed by atoms with Crippen LogP contribution in [0.1, 0.15) is 43.2 Å². The molecule has 1 aliphatic carbocycles. The van der Waals surface area contributed by atoms with Gasteiger partial charge in [0.1, 0.15) is 6.04 Å². The topological polar surface area (TPSA) is 168 Å². The van der Waals surface area contributed by atoms with Crippen molar-refractivity contribution in [1.82, 2.24) is 25.9 Å². The molecule has 1 aliphatic heterocycles. The number of H-pyrrole nitrogens is 1. The highest BCUT2D eigenvalue weighted by Gasteiger charge is 2.29. The molecule has 6 rings (SSSR count).